The summed E-state index contributed by atoms with van der Waals surface area (Å²) in [5, 5.41) is 14.6. The number of hydrogen-bond donors (Lipinski definition) is 1. The van der Waals surface area contributed by atoms with E-state index in [1.165, 1.54) is 13.2 Å². The minimum atomic E-state index is -0.490. The van der Waals surface area contributed by atoms with Crippen LogP contribution < -0.4 is 14.8 Å². The predicted molar refractivity (Wildman–Crippen MR) is 136 cm³/mol. The summed E-state index contributed by atoms with van der Waals surface area (Å²) in [5.41, 5.74) is 2.60. The third kappa shape index (κ3) is 5.15. The van der Waals surface area contributed by atoms with Crippen LogP contribution in [0.1, 0.15) is 29.7 Å². The van der Waals surface area contributed by atoms with E-state index in [4.69, 9.17) is 21.7 Å². The van der Waals surface area contributed by atoms with E-state index < -0.39 is 4.92 Å². The van der Waals surface area contributed by atoms with Crippen LogP contribution in [0.5, 0.6) is 11.5 Å². The van der Waals surface area contributed by atoms with E-state index in [1.54, 1.807) is 35.2 Å². The smallest absolute Gasteiger partial charge is 0.310 e. The number of para-hydroxylation sites is 2. The molecule has 9 heteroatoms. The average molecular weight is 490 g/mol. The highest BCUT2D eigenvalue weighted by molar-refractivity contribution is 7.80. The number of benzene rings is 3. The van der Waals surface area contributed by atoms with E-state index in [2.05, 4.69) is 5.32 Å². The van der Waals surface area contributed by atoms with Gasteiger partial charge in [0, 0.05) is 11.6 Å². The molecule has 1 unspecified atom stereocenters. The first kappa shape index (κ1) is 23.9. The van der Waals surface area contributed by atoms with Crippen LogP contribution in [-0.4, -0.2) is 28.0 Å². The van der Waals surface area contributed by atoms with Crippen molar-refractivity contribution in [3.8, 4) is 11.5 Å². The zero-order valence-corrected chi connectivity index (χ0v) is 20.0. The topological polar surface area (TPSA) is 93.9 Å². The van der Waals surface area contributed by atoms with Crippen LogP contribution in [0.15, 0.2) is 78.5 Å². The van der Waals surface area contributed by atoms with Crippen molar-refractivity contribution in [3.05, 3.63) is 105 Å². The highest BCUT2D eigenvalue weighted by Gasteiger charge is 2.34. The number of nitrogens with one attached hydrogen (secondary N) is 1. The van der Waals surface area contributed by atoms with Gasteiger partial charge in [-0.1, -0.05) is 48.5 Å². The van der Waals surface area contributed by atoms with Gasteiger partial charge in [-0.3, -0.25) is 19.8 Å². The van der Waals surface area contributed by atoms with Crippen molar-refractivity contribution in [2.24, 2.45) is 0 Å². The second-order valence-electron chi connectivity index (χ2n) is 7.83. The van der Waals surface area contributed by atoms with Gasteiger partial charge < -0.3 is 14.8 Å². The zero-order valence-electron chi connectivity index (χ0n) is 19.1. The van der Waals surface area contributed by atoms with Crippen LogP contribution in [0.3, 0.4) is 0 Å². The van der Waals surface area contributed by atoms with E-state index in [-0.39, 0.29) is 30.0 Å². The quantitative estimate of drug-likeness (QED) is 0.206. The van der Waals surface area contributed by atoms with Crippen LogP contribution in [0.25, 0.3) is 6.08 Å². The molecule has 1 saturated heterocycles. The average Bonchev–Trinajstić information content (AvgIpc) is 3.15. The van der Waals surface area contributed by atoms with Gasteiger partial charge >= 0.3 is 5.69 Å². The van der Waals surface area contributed by atoms with E-state index >= 15 is 0 Å². The molecule has 1 fully saturated rings. The Morgan fingerprint density at radius 1 is 1.09 bits per heavy atom. The normalized spacial score (nSPS) is 15.1. The number of thiocarbonyl (C=S) groups is 1. The molecule has 1 heterocycles. The lowest BCUT2D eigenvalue weighted by atomic mass is 10.1. The molecular formula is C26H23N3O5S. The molecule has 0 aromatic heterocycles. The first-order valence-corrected chi connectivity index (χ1v) is 11.2. The van der Waals surface area contributed by atoms with Crippen molar-refractivity contribution in [2.75, 3.05) is 7.11 Å². The SMILES string of the molecule is COc1ccc(/C=C2\NC(=S)N(C(C)c3ccccc3)C2=O)cc1COc1ccccc1[N+](=O)[O-]. The second kappa shape index (κ2) is 10.4. The van der Waals surface area contributed by atoms with Crippen molar-refractivity contribution < 1.29 is 19.2 Å². The first-order chi connectivity index (χ1) is 16.9. The minimum absolute atomic E-state index is 0.0436. The van der Waals surface area contributed by atoms with Crippen LogP contribution in [0.4, 0.5) is 5.69 Å². The third-order valence-electron chi connectivity index (χ3n) is 5.64. The zero-order chi connectivity index (χ0) is 24.9. The molecule has 3 aromatic carbocycles. The molecule has 0 bridgehead atoms. The third-order valence-corrected chi connectivity index (χ3v) is 5.94. The maximum Gasteiger partial charge on any atom is 0.310 e. The lowest BCUT2D eigenvalue weighted by molar-refractivity contribution is -0.385. The molecule has 1 aliphatic rings. The monoisotopic (exact) mass is 489 g/mol. The van der Waals surface area contributed by atoms with Gasteiger partial charge in [0.25, 0.3) is 5.91 Å². The van der Waals surface area contributed by atoms with Gasteiger partial charge in [-0.15, -0.1) is 0 Å². The lowest BCUT2D eigenvalue weighted by Gasteiger charge is -2.23. The molecule has 0 aliphatic carbocycles. The highest BCUT2D eigenvalue weighted by Crippen LogP contribution is 2.30. The molecule has 35 heavy (non-hydrogen) atoms. The maximum atomic E-state index is 13.1. The Labute approximate surface area is 207 Å². The van der Waals surface area contributed by atoms with Gasteiger partial charge in [0.1, 0.15) is 18.1 Å². The number of nitrogens with zero attached hydrogens (tertiary/aromatic N) is 2. The fourth-order valence-electron chi connectivity index (χ4n) is 3.83. The van der Waals surface area contributed by atoms with Gasteiger partial charge in [-0.2, -0.15) is 0 Å². The van der Waals surface area contributed by atoms with Gasteiger partial charge in [0.2, 0.25) is 0 Å². The Hall–Kier alpha value is -4.24. The predicted octanol–water partition coefficient (Wildman–Crippen LogP) is 5.00. The molecular weight excluding hydrogens is 466 g/mol. The Bertz CT molecular complexity index is 1310. The molecule has 3 aromatic rings. The lowest BCUT2D eigenvalue weighted by Crippen LogP contribution is -2.33. The molecule has 1 amide bonds. The number of methoxy groups -OCH3 is 1. The van der Waals surface area contributed by atoms with Gasteiger partial charge in [0.15, 0.2) is 10.9 Å². The Kier molecular flexibility index (Phi) is 7.07. The number of hydrogen-bond acceptors (Lipinski definition) is 6. The van der Waals surface area contributed by atoms with Crippen molar-refractivity contribution >= 4 is 35.0 Å². The summed E-state index contributed by atoms with van der Waals surface area (Å²) in [6, 6.07) is 21.0. The summed E-state index contributed by atoms with van der Waals surface area (Å²) in [7, 11) is 1.53. The molecule has 4 rings (SSSR count). The van der Waals surface area contributed by atoms with Crippen LogP contribution >= 0.6 is 12.2 Å². The molecule has 0 spiro atoms. The summed E-state index contributed by atoms with van der Waals surface area (Å²) in [4.78, 5) is 25.5. The highest BCUT2D eigenvalue weighted by atomic mass is 32.1. The summed E-state index contributed by atoms with van der Waals surface area (Å²) in [6.45, 7) is 1.97. The number of nitro groups is 1. The summed E-state index contributed by atoms with van der Waals surface area (Å²) in [5.74, 6) is 0.498. The Morgan fingerprint density at radius 2 is 1.80 bits per heavy atom. The van der Waals surface area contributed by atoms with E-state index in [0.29, 0.717) is 22.1 Å². The Morgan fingerprint density at radius 3 is 2.51 bits per heavy atom. The number of amides is 1. The molecule has 1 aliphatic heterocycles. The summed E-state index contributed by atoms with van der Waals surface area (Å²) < 4.78 is 11.2. The largest absolute Gasteiger partial charge is 0.496 e. The van der Waals surface area contributed by atoms with Crippen molar-refractivity contribution in [3.63, 3.8) is 0 Å². The molecule has 178 valence electrons. The summed E-state index contributed by atoms with van der Waals surface area (Å²) >= 11 is 5.44. The number of carbonyl (C=O) groups excluding carboxylic acids is 1. The van der Waals surface area contributed by atoms with Gasteiger partial charge in [0.05, 0.1) is 18.1 Å². The number of rotatable bonds is 8. The number of nitro benzene ring substituents is 1. The maximum absolute atomic E-state index is 13.1. The molecule has 1 atom stereocenters. The second-order valence-corrected chi connectivity index (χ2v) is 8.22. The molecule has 0 saturated carbocycles. The summed E-state index contributed by atoms with van der Waals surface area (Å²) in [6.07, 6.45) is 1.71. The Balaban J connectivity index is 1.56. The molecule has 1 N–H and O–H groups in total. The standard InChI is InChI=1S/C26H23N3O5S/c1-17(19-8-4-3-5-9-19)28-25(30)21(27-26(28)35)15-18-12-13-23(33-2)20(14-18)16-34-24-11-7-6-10-22(24)29(31)32/h3-15,17H,16H2,1-2H3,(H,27,35)/b21-15-. The number of carbonyl (C=O) groups is 1. The van der Waals surface area contributed by atoms with Crippen LogP contribution in [-0.2, 0) is 11.4 Å². The number of ether oxygens (including phenoxy) is 2. The molecule has 8 nitrogen and oxygen atoms in total. The van der Waals surface area contributed by atoms with E-state index in [0.717, 1.165) is 11.1 Å². The van der Waals surface area contributed by atoms with Crippen molar-refractivity contribution in [2.45, 2.75) is 19.6 Å². The van der Waals surface area contributed by atoms with Gasteiger partial charge in [-0.05, 0) is 54.5 Å². The van der Waals surface area contributed by atoms with E-state index in [9.17, 15) is 14.9 Å². The van der Waals surface area contributed by atoms with Crippen molar-refractivity contribution in [1.29, 1.82) is 0 Å². The fourth-order valence-corrected chi connectivity index (χ4v) is 4.19. The first-order valence-electron chi connectivity index (χ1n) is 10.8. The van der Waals surface area contributed by atoms with Crippen LogP contribution in [0, 0.1) is 10.1 Å². The van der Waals surface area contributed by atoms with Crippen molar-refractivity contribution in [1.82, 2.24) is 10.2 Å². The minimum Gasteiger partial charge on any atom is -0.496 e. The van der Waals surface area contributed by atoms with Crippen LogP contribution in [0.2, 0.25) is 0 Å². The van der Waals surface area contributed by atoms with E-state index in [1.807, 2.05) is 49.4 Å². The fraction of sp³-hybridized carbons (Fsp3) is 0.154. The molecule has 0 radical (unpaired) electrons. The van der Waals surface area contributed by atoms with Gasteiger partial charge in [-0.25, -0.2) is 0 Å².